The Morgan fingerprint density at radius 1 is 0.765 bits per heavy atom. The number of benzene rings is 4. The van der Waals surface area contributed by atoms with Gasteiger partial charge < -0.3 is 20.7 Å². The van der Waals surface area contributed by atoms with Crippen LogP contribution in [0.1, 0.15) is 5.56 Å². The second-order valence-electron chi connectivity index (χ2n) is 8.31. The predicted molar refractivity (Wildman–Crippen MR) is 130 cm³/mol. The Morgan fingerprint density at radius 3 is 2.35 bits per heavy atom. The first-order chi connectivity index (χ1) is 16.5. The molecular weight excluding hydrogens is 432 g/mol. The van der Waals surface area contributed by atoms with Gasteiger partial charge in [0.05, 0.1) is 33.6 Å². The lowest BCUT2D eigenvalue weighted by molar-refractivity contribution is -0.109. The molecule has 0 unspecified atom stereocenters. The molecular formula is C26H14N4O4. The van der Waals surface area contributed by atoms with Crippen LogP contribution in [0.5, 0.6) is 0 Å². The van der Waals surface area contributed by atoms with Gasteiger partial charge in [-0.2, -0.15) is 4.98 Å². The predicted octanol–water partition coefficient (Wildman–Crippen LogP) is 3.61. The highest BCUT2D eigenvalue weighted by Gasteiger charge is 2.38. The Bertz CT molecular complexity index is 1930. The van der Waals surface area contributed by atoms with Gasteiger partial charge in [0.15, 0.2) is 0 Å². The number of aromatic nitrogens is 2. The van der Waals surface area contributed by atoms with Gasteiger partial charge in [0.1, 0.15) is 5.76 Å². The Morgan fingerprint density at radius 2 is 1.53 bits per heavy atom. The molecule has 0 atom stereocenters. The van der Waals surface area contributed by atoms with Crippen molar-refractivity contribution >= 4 is 66.9 Å². The number of hydrogen-bond donors (Lipinski definition) is 4. The highest BCUT2D eigenvalue weighted by atomic mass is 16.3. The monoisotopic (exact) mass is 446 g/mol. The number of carbonyl (C=O) groups excluding carboxylic acids is 2. The molecule has 1 aliphatic heterocycles. The fourth-order valence-electron chi connectivity index (χ4n) is 5.02. The zero-order valence-electron chi connectivity index (χ0n) is 17.4. The maximum Gasteiger partial charge on any atom is 0.345 e. The minimum atomic E-state index is -0.537. The van der Waals surface area contributed by atoms with Crippen LogP contribution in [0.2, 0.25) is 0 Å². The van der Waals surface area contributed by atoms with Gasteiger partial charge in [0.2, 0.25) is 5.78 Å². The Labute approximate surface area is 190 Å². The largest absolute Gasteiger partial charge is 0.506 e. The maximum atomic E-state index is 13.4. The molecule has 5 aromatic rings. The average Bonchev–Trinajstić information content (AvgIpc) is 2.82. The summed E-state index contributed by atoms with van der Waals surface area (Å²) in [6.07, 6.45) is 0. The number of aliphatic hydroxyl groups is 1. The SMILES string of the molecule is O=C1Nc2cccc3ccc(C4=C(O)C(=c5ccc6cccc7[nH]c(=O)nc5c67)C4=O)c(c23)N1. The van der Waals surface area contributed by atoms with Gasteiger partial charge in [-0.3, -0.25) is 4.79 Å². The van der Waals surface area contributed by atoms with Crippen molar-refractivity contribution in [1.29, 1.82) is 0 Å². The van der Waals surface area contributed by atoms with Crippen LogP contribution in [-0.4, -0.2) is 26.9 Å². The van der Waals surface area contributed by atoms with E-state index in [9.17, 15) is 19.5 Å². The second kappa shape index (κ2) is 6.29. The number of aromatic amines is 1. The number of ketones is 1. The van der Waals surface area contributed by atoms with Gasteiger partial charge >= 0.3 is 11.7 Å². The van der Waals surface area contributed by atoms with E-state index >= 15 is 0 Å². The molecule has 162 valence electrons. The van der Waals surface area contributed by atoms with Crippen LogP contribution in [0.15, 0.2) is 71.2 Å². The van der Waals surface area contributed by atoms with Gasteiger partial charge in [-0.1, -0.05) is 48.5 Å². The van der Waals surface area contributed by atoms with Crippen molar-refractivity contribution < 1.29 is 14.7 Å². The summed E-state index contributed by atoms with van der Waals surface area (Å²) >= 11 is 0. The van der Waals surface area contributed by atoms with E-state index in [1.54, 1.807) is 24.3 Å². The highest BCUT2D eigenvalue weighted by molar-refractivity contribution is 6.53. The fraction of sp³-hybridized carbons (Fsp3) is 0. The molecule has 8 heteroatoms. The molecule has 0 bridgehead atoms. The van der Waals surface area contributed by atoms with Gasteiger partial charge in [-0.15, -0.1) is 0 Å². The number of carbonyl (C=O) groups is 2. The molecule has 4 N–H and O–H groups in total. The van der Waals surface area contributed by atoms with Crippen LogP contribution in [0.25, 0.3) is 43.7 Å². The number of Topliss-reactive ketones (excluding diaryl/α,β-unsaturated/α-hetero) is 1. The number of allylic oxidation sites excluding steroid dienone is 2. The molecule has 8 nitrogen and oxygen atoms in total. The third kappa shape index (κ3) is 2.31. The molecule has 34 heavy (non-hydrogen) atoms. The minimum absolute atomic E-state index is 0.0981. The topological polar surface area (TPSA) is 124 Å². The van der Waals surface area contributed by atoms with Crippen molar-refractivity contribution in [2.45, 2.75) is 0 Å². The zero-order chi connectivity index (χ0) is 23.1. The van der Waals surface area contributed by atoms with Crippen LogP contribution >= 0.6 is 0 Å². The van der Waals surface area contributed by atoms with Gasteiger partial charge in [0, 0.05) is 21.6 Å². The number of anilines is 2. The molecule has 4 aromatic carbocycles. The number of nitrogens with one attached hydrogen (secondary N) is 3. The summed E-state index contributed by atoms with van der Waals surface area (Å²) in [4.78, 5) is 44.7. The summed E-state index contributed by atoms with van der Waals surface area (Å²) < 4.78 is 0. The van der Waals surface area contributed by atoms with Crippen molar-refractivity contribution in [2.24, 2.45) is 0 Å². The van der Waals surface area contributed by atoms with Crippen molar-refractivity contribution in [3.8, 4) is 0 Å². The second-order valence-corrected chi connectivity index (χ2v) is 8.31. The zero-order valence-corrected chi connectivity index (χ0v) is 17.4. The van der Waals surface area contributed by atoms with E-state index in [1.807, 2.05) is 36.4 Å². The summed E-state index contributed by atoms with van der Waals surface area (Å²) in [5.74, 6) is -0.576. The van der Waals surface area contributed by atoms with E-state index in [-0.39, 0.29) is 22.7 Å². The molecule has 1 aromatic heterocycles. The van der Waals surface area contributed by atoms with Gasteiger partial charge in [-0.05, 0) is 22.9 Å². The fourth-order valence-corrected chi connectivity index (χ4v) is 5.02. The van der Waals surface area contributed by atoms with E-state index in [0.29, 0.717) is 38.6 Å². The highest BCUT2D eigenvalue weighted by Crippen LogP contribution is 2.45. The normalized spacial score (nSPS) is 16.7. The first-order valence-electron chi connectivity index (χ1n) is 10.6. The summed E-state index contributed by atoms with van der Waals surface area (Å²) in [6.45, 7) is 0. The number of aliphatic hydroxyl groups excluding tert-OH is 1. The van der Waals surface area contributed by atoms with Crippen molar-refractivity contribution in [2.75, 3.05) is 10.6 Å². The number of nitrogens with zero attached hydrogens (tertiary/aromatic N) is 1. The van der Waals surface area contributed by atoms with E-state index < -0.39 is 11.7 Å². The van der Waals surface area contributed by atoms with Crippen LogP contribution in [0.3, 0.4) is 0 Å². The average molecular weight is 446 g/mol. The van der Waals surface area contributed by atoms with E-state index in [4.69, 9.17) is 0 Å². The smallest absolute Gasteiger partial charge is 0.345 e. The number of hydrogen-bond acceptors (Lipinski definition) is 5. The molecule has 0 spiro atoms. The summed E-state index contributed by atoms with van der Waals surface area (Å²) in [7, 11) is 0. The van der Waals surface area contributed by atoms with Crippen molar-refractivity contribution in [1.82, 2.24) is 9.97 Å². The molecule has 0 fully saturated rings. The Kier molecular flexibility index (Phi) is 3.44. The first-order valence-corrected chi connectivity index (χ1v) is 10.6. The van der Waals surface area contributed by atoms with Crippen LogP contribution in [0, 0.1) is 0 Å². The molecule has 2 heterocycles. The summed E-state index contributed by atoms with van der Waals surface area (Å²) in [6, 6.07) is 17.7. The Hall–Kier alpha value is -4.98. The van der Waals surface area contributed by atoms with Crippen molar-refractivity contribution in [3.63, 3.8) is 0 Å². The molecule has 0 radical (unpaired) electrons. The molecule has 2 amide bonds. The first kappa shape index (κ1) is 18.6. The van der Waals surface area contributed by atoms with Crippen LogP contribution in [-0.2, 0) is 4.79 Å². The van der Waals surface area contributed by atoms with E-state index in [0.717, 1.165) is 16.2 Å². The quantitative estimate of drug-likeness (QED) is 0.313. The molecule has 2 aliphatic rings. The lowest BCUT2D eigenvalue weighted by Crippen LogP contribution is -2.30. The molecule has 1 aliphatic carbocycles. The number of amides is 2. The third-order valence-corrected chi connectivity index (χ3v) is 6.47. The van der Waals surface area contributed by atoms with E-state index in [1.165, 1.54) is 0 Å². The van der Waals surface area contributed by atoms with Crippen molar-refractivity contribution in [3.05, 3.63) is 87.7 Å². The number of H-pyrrole nitrogens is 1. The molecule has 7 rings (SSSR count). The Balaban J connectivity index is 1.54. The maximum absolute atomic E-state index is 13.4. The van der Waals surface area contributed by atoms with Gasteiger partial charge in [0.25, 0.3) is 0 Å². The van der Waals surface area contributed by atoms with Crippen LogP contribution in [0.4, 0.5) is 16.2 Å². The molecule has 0 saturated carbocycles. The number of rotatable bonds is 1. The number of urea groups is 1. The van der Waals surface area contributed by atoms with Gasteiger partial charge in [-0.25, -0.2) is 9.59 Å². The minimum Gasteiger partial charge on any atom is -0.506 e. The van der Waals surface area contributed by atoms with Crippen LogP contribution < -0.4 is 21.5 Å². The summed E-state index contributed by atoms with van der Waals surface area (Å²) in [5.41, 5.74) is 2.17. The third-order valence-electron chi connectivity index (χ3n) is 6.47. The van der Waals surface area contributed by atoms with E-state index in [2.05, 4.69) is 20.6 Å². The molecule has 0 saturated heterocycles. The lowest BCUT2D eigenvalue weighted by atomic mass is 9.80. The standard InChI is InChI=1S/C26H14N4O4/c31-23-19(13-9-7-11-3-1-5-15-17(11)21(13)29-25(33)27-15)24(32)20(23)14-10-8-12-4-2-6-16-18(12)22(14)30-26(34)28-16/h1-10,31H,(H,27,29,33)(H2,28,30,34). The summed E-state index contributed by atoms with van der Waals surface area (Å²) in [5, 5.41) is 20.2. The lowest BCUT2D eigenvalue weighted by Gasteiger charge is -2.27.